The molecule has 0 saturated carbocycles. The van der Waals surface area contributed by atoms with Gasteiger partial charge in [-0.2, -0.15) is 0 Å². The normalized spacial score (nSPS) is 12.3. The van der Waals surface area contributed by atoms with E-state index in [2.05, 4.69) is 4.72 Å². The van der Waals surface area contributed by atoms with Gasteiger partial charge in [0.1, 0.15) is 0 Å². The quantitative estimate of drug-likeness (QED) is 0.796. The van der Waals surface area contributed by atoms with E-state index >= 15 is 0 Å². The van der Waals surface area contributed by atoms with Crippen LogP contribution in [-0.2, 0) is 26.5 Å². The standard InChI is InChI=1S/C12H20N2O4S2/c1-4-11-7-5-6-8-12(11)14(20(3,17)18)10-9-13-19(2,15)16/h5-8,13H,4,9-10H2,1-3H3. The van der Waals surface area contributed by atoms with Crippen LogP contribution in [0.2, 0.25) is 0 Å². The van der Waals surface area contributed by atoms with Gasteiger partial charge in [0.15, 0.2) is 0 Å². The second kappa shape index (κ2) is 6.55. The van der Waals surface area contributed by atoms with Crippen LogP contribution < -0.4 is 9.03 Å². The first-order valence-corrected chi connectivity index (χ1v) is 9.89. The Hall–Kier alpha value is -1.12. The molecule has 1 rings (SSSR count). The summed E-state index contributed by atoms with van der Waals surface area (Å²) in [5.41, 5.74) is 1.49. The molecular weight excluding hydrogens is 300 g/mol. The molecule has 1 aromatic rings. The van der Waals surface area contributed by atoms with Gasteiger partial charge < -0.3 is 0 Å². The second-order valence-corrected chi connectivity index (χ2v) is 8.22. The summed E-state index contributed by atoms with van der Waals surface area (Å²) in [6.07, 6.45) is 2.85. The average Bonchev–Trinajstić information content (AvgIpc) is 2.32. The molecule has 20 heavy (non-hydrogen) atoms. The van der Waals surface area contributed by atoms with E-state index in [-0.39, 0.29) is 13.1 Å². The average molecular weight is 320 g/mol. The van der Waals surface area contributed by atoms with Crippen molar-refractivity contribution in [3.8, 4) is 0 Å². The highest BCUT2D eigenvalue weighted by Crippen LogP contribution is 2.22. The van der Waals surface area contributed by atoms with Crippen LogP contribution in [0.15, 0.2) is 24.3 Å². The number of nitrogens with one attached hydrogen (secondary N) is 1. The number of hydrogen-bond donors (Lipinski definition) is 1. The van der Waals surface area contributed by atoms with Gasteiger partial charge in [0.25, 0.3) is 0 Å². The van der Waals surface area contributed by atoms with Crippen molar-refractivity contribution >= 4 is 25.7 Å². The van der Waals surface area contributed by atoms with Gasteiger partial charge in [0, 0.05) is 13.1 Å². The van der Waals surface area contributed by atoms with Crippen molar-refractivity contribution < 1.29 is 16.8 Å². The number of hydrogen-bond acceptors (Lipinski definition) is 4. The molecule has 0 aliphatic rings. The number of benzene rings is 1. The van der Waals surface area contributed by atoms with Crippen molar-refractivity contribution in [3.05, 3.63) is 29.8 Å². The maximum absolute atomic E-state index is 11.9. The molecule has 0 bridgehead atoms. The highest BCUT2D eigenvalue weighted by atomic mass is 32.2. The van der Waals surface area contributed by atoms with E-state index in [0.29, 0.717) is 12.1 Å². The van der Waals surface area contributed by atoms with Crippen LogP contribution in [0, 0.1) is 0 Å². The summed E-state index contributed by atoms with van der Waals surface area (Å²) in [6.45, 7) is 2.03. The van der Waals surface area contributed by atoms with Gasteiger partial charge in [-0.05, 0) is 18.1 Å². The molecule has 0 aliphatic carbocycles. The first-order valence-electron chi connectivity index (χ1n) is 6.15. The first-order chi connectivity index (χ1) is 9.15. The molecule has 0 amide bonds. The number of sulfonamides is 2. The summed E-state index contributed by atoms with van der Waals surface area (Å²) in [5.74, 6) is 0. The van der Waals surface area contributed by atoms with E-state index in [9.17, 15) is 16.8 Å². The van der Waals surface area contributed by atoms with Crippen molar-refractivity contribution in [1.82, 2.24) is 4.72 Å². The van der Waals surface area contributed by atoms with Crippen LogP contribution >= 0.6 is 0 Å². The minimum atomic E-state index is -3.47. The predicted molar refractivity (Wildman–Crippen MR) is 80.9 cm³/mol. The summed E-state index contributed by atoms with van der Waals surface area (Å²) in [5, 5.41) is 0. The Morgan fingerprint density at radius 1 is 1.10 bits per heavy atom. The van der Waals surface area contributed by atoms with Gasteiger partial charge in [-0.3, -0.25) is 4.31 Å². The van der Waals surface area contributed by atoms with Gasteiger partial charge in [0.05, 0.1) is 18.2 Å². The summed E-state index contributed by atoms with van der Waals surface area (Å²) in [4.78, 5) is 0. The maximum Gasteiger partial charge on any atom is 0.232 e. The lowest BCUT2D eigenvalue weighted by atomic mass is 10.1. The zero-order valence-electron chi connectivity index (χ0n) is 11.8. The molecule has 0 heterocycles. The third-order valence-electron chi connectivity index (χ3n) is 2.72. The zero-order chi connectivity index (χ0) is 15.4. The van der Waals surface area contributed by atoms with Crippen LogP contribution in [-0.4, -0.2) is 42.4 Å². The smallest absolute Gasteiger partial charge is 0.232 e. The molecule has 114 valence electrons. The van der Waals surface area contributed by atoms with E-state index in [4.69, 9.17) is 0 Å². The van der Waals surface area contributed by atoms with Gasteiger partial charge in [-0.15, -0.1) is 0 Å². The van der Waals surface area contributed by atoms with Crippen LogP contribution in [0.25, 0.3) is 0 Å². The Morgan fingerprint density at radius 2 is 1.70 bits per heavy atom. The van der Waals surface area contributed by atoms with Crippen molar-refractivity contribution in [2.45, 2.75) is 13.3 Å². The molecule has 0 unspecified atom stereocenters. The number of anilines is 1. The van der Waals surface area contributed by atoms with Gasteiger partial charge in [0.2, 0.25) is 20.0 Å². The van der Waals surface area contributed by atoms with E-state index in [1.54, 1.807) is 12.1 Å². The second-order valence-electron chi connectivity index (χ2n) is 4.48. The highest BCUT2D eigenvalue weighted by Gasteiger charge is 2.19. The highest BCUT2D eigenvalue weighted by molar-refractivity contribution is 7.92. The fraction of sp³-hybridized carbons (Fsp3) is 0.500. The fourth-order valence-electron chi connectivity index (χ4n) is 1.85. The van der Waals surface area contributed by atoms with Crippen molar-refractivity contribution in [2.75, 3.05) is 29.9 Å². The molecule has 0 spiro atoms. The first kappa shape index (κ1) is 16.9. The number of nitrogens with zero attached hydrogens (tertiary/aromatic N) is 1. The molecule has 1 N–H and O–H groups in total. The lowest BCUT2D eigenvalue weighted by Crippen LogP contribution is -2.38. The fourth-order valence-corrected chi connectivity index (χ4v) is 3.27. The Kier molecular flexibility index (Phi) is 5.55. The van der Waals surface area contributed by atoms with E-state index in [0.717, 1.165) is 18.1 Å². The molecule has 8 heteroatoms. The number of para-hydroxylation sites is 1. The van der Waals surface area contributed by atoms with E-state index in [1.807, 2.05) is 19.1 Å². The SMILES string of the molecule is CCc1ccccc1N(CCNS(C)(=O)=O)S(C)(=O)=O. The van der Waals surface area contributed by atoms with Gasteiger partial charge in [-0.25, -0.2) is 21.6 Å². The molecular formula is C12H20N2O4S2. The molecule has 1 aromatic carbocycles. The Balaban J connectivity index is 3.02. The molecule has 0 aliphatic heterocycles. The van der Waals surface area contributed by atoms with Crippen molar-refractivity contribution in [3.63, 3.8) is 0 Å². The van der Waals surface area contributed by atoms with Crippen molar-refractivity contribution in [2.24, 2.45) is 0 Å². The monoisotopic (exact) mass is 320 g/mol. The number of aryl methyl sites for hydroxylation is 1. The van der Waals surface area contributed by atoms with Gasteiger partial charge >= 0.3 is 0 Å². The van der Waals surface area contributed by atoms with E-state index in [1.165, 1.54) is 4.31 Å². The van der Waals surface area contributed by atoms with Crippen molar-refractivity contribution in [1.29, 1.82) is 0 Å². The van der Waals surface area contributed by atoms with E-state index < -0.39 is 20.0 Å². The summed E-state index contributed by atoms with van der Waals surface area (Å²) in [7, 11) is -6.80. The lowest BCUT2D eigenvalue weighted by Gasteiger charge is -2.24. The Morgan fingerprint density at radius 3 is 2.20 bits per heavy atom. The topological polar surface area (TPSA) is 83.6 Å². The molecule has 6 nitrogen and oxygen atoms in total. The molecule has 0 aromatic heterocycles. The maximum atomic E-state index is 11.9. The summed E-state index contributed by atoms with van der Waals surface area (Å²) < 4.78 is 49.4. The molecule has 0 atom stereocenters. The third-order valence-corrected chi connectivity index (χ3v) is 4.63. The lowest BCUT2D eigenvalue weighted by molar-refractivity contribution is 0.583. The van der Waals surface area contributed by atoms with Gasteiger partial charge in [-0.1, -0.05) is 25.1 Å². The molecule has 0 radical (unpaired) electrons. The summed E-state index contributed by atoms with van der Waals surface area (Å²) >= 11 is 0. The zero-order valence-corrected chi connectivity index (χ0v) is 13.5. The van der Waals surface area contributed by atoms with Crippen LogP contribution in [0.5, 0.6) is 0 Å². The minimum absolute atomic E-state index is 0.0317. The van der Waals surface area contributed by atoms with Crippen LogP contribution in [0.3, 0.4) is 0 Å². The third kappa shape index (κ3) is 5.10. The summed E-state index contributed by atoms with van der Waals surface area (Å²) in [6, 6.07) is 7.19. The largest absolute Gasteiger partial charge is 0.269 e. The Labute approximate surface area is 120 Å². The molecule has 0 saturated heterocycles. The number of rotatable bonds is 7. The van der Waals surface area contributed by atoms with Crippen LogP contribution in [0.1, 0.15) is 12.5 Å². The minimum Gasteiger partial charge on any atom is -0.269 e. The Bertz CT molecular complexity index is 654. The van der Waals surface area contributed by atoms with Crippen LogP contribution in [0.4, 0.5) is 5.69 Å². The predicted octanol–water partition coefficient (Wildman–Crippen LogP) is 0.564. The molecule has 0 fully saturated rings.